The summed E-state index contributed by atoms with van der Waals surface area (Å²) in [4.78, 5) is 12.2. The molecule has 2 rings (SSSR count). The topological polar surface area (TPSA) is 34.9 Å². The number of rotatable bonds is 2. The quantitative estimate of drug-likeness (QED) is 0.738. The van der Waals surface area contributed by atoms with Crippen molar-refractivity contribution in [2.75, 3.05) is 0 Å². The Labute approximate surface area is 89.9 Å². The van der Waals surface area contributed by atoms with Gasteiger partial charge in [-0.1, -0.05) is 11.6 Å². The predicted molar refractivity (Wildman–Crippen MR) is 56.9 cm³/mol. The highest BCUT2D eigenvalue weighted by Gasteiger charge is 2.11. The molecule has 5 heteroatoms. The molecule has 0 bridgehead atoms. The summed E-state index contributed by atoms with van der Waals surface area (Å²) in [6, 6.07) is 3.65. The van der Waals surface area contributed by atoms with Crippen molar-refractivity contribution in [3.05, 3.63) is 28.2 Å². The average molecular weight is 227 g/mol. The first kappa shape index (κ1) is 9.43. The van der Waals surface area contributed by atoms with E-state index < -0.39 is 0 Å². The van der Waals surface area contributed by atoms with E-state index in [0.29, 0.717) is 9.90 Å². The zero-order valence-electron chi connectivity index (χ0n) is 7.40. The summed E-state index contributed by atoms with van der Waals surface area (Å²) in [5.74, 6) is 0. The Kier molecular flexibility index (Phi) is 2.39. The molecular weight excluding hydrogens is 220 g/mol. The Morgan fingerprint density at radius 2 is 2.36 bits per heavy atom. The van der Waals surface area contributed by atoms with Crippen LogP contribution in [0.25, 0.3) is 10.6 Å². The molecule has 3 nitrogen and oxygen atoms in total. The fourth-order valence-electron chi connectivity index (χ4n) is 1.23. The van der Waals surface area contributed by atoms with Crippen LogP contribution in [0.3, 0.4) is 0 Å². The lowest BCUT2D eigenvalue weighted by Crippen LogP contribution is -1.91. The van der Waals surface area contributed by atoms with Gasteiger partial charge in [-0.15, -0.1) is 11.3 Å². The Bertz CT molecular complexity index is 455. The van der Waals surface area contributed by atoms with Gasteiger partial charge in [-0.3, -0.25) is 9.48 Å². The molecule has 0 fully saturated rings. The number of nitrogens with zero attached hydrogens (tertiary/aromatic N) is 2. The van der Waals surface area contributed by atoms with Crippen molar-refractivity contribution in [1.29, 1.82) is 0 Å². The van der Waals surface area contributed by atoms with Crippen LogP contribution < -0.4 is 0 Å². The van der Waals surface area contributed by atoms with Gasteiger partial charge in [-0.2, -0.15) is 5.10 Å². The lowest BCUT2D eigenvalue weighted by Gasteiger charge is -1.97. The van der Waals surface area contributed by atoms with E-state index in [1.165, 1.54) is 11.3 Å². The van der Waals surface area contributed by atoms with Gasteiger partial charge in [0.05, 0.1) is 26.7 Å². The molecular formula is C9H7ClN2OS. The minimum Gasteiger partial charge on any atom is -0.297 e. The van der Waals surface area contributed by atoms with Crippen molar-refractivity contribution in [2.24, 2.45) is 7.05 Å². The second kappa shape index (κ2) is 3.55. The van der Waals surface area contributed by atoms with E-state index in [2.05, 4.69) is 5.10 Å². The molecule has 0 N–H and O–H groups in total. The van der Waals surface area contributed by atoms with Gasteiger partial charge in [0.2, 0.25) is 0 Å². The molecule has 2 aromatic heterocycles. The Hall–Kier alpha value is -1.13. The second-order valence-electron chi connectivity index (χ2n) is 2.78. The number of hydrogen-bond acceptors (Lipinski definition) is 3. The van der Waals surface area contributed by atoms with Crippen molar-refractivity contribution in [3.63, 3.8) is 0 Å². The number of carbonyl (C=O) groups excluding carboxylic acids is 1. The number of aryl methyl sites for hydroxylation is 1. The van der Waals surface area contributed by atoms with Crippen LogP contribution in [0, 0.1) is 0 Å². The third-order valence-electron chi connectivity index (χ3n) is 1.87. The summed E-state index contributed by atoms with van der Waals surface area (Å²) in [6.07, 6.45) is 2.43. The zero-order chi connectivity index (χ0) is 10.1. The standard InChI is InChI=1S/C9H7ClN2OS/c1-12-9(7(10)4-11-12)8-3-2-6(5-13)14-8/h2-5H,1H3. The molecule has 2 aromatic rings. The van der Waals surface area contributed by atoms with Crippen molar-refractivity contribution in [3.8, 4) is 10.6 Å². The lowest BCUT2D eigenvalue weighted by molar-refractivity contribution is 0.112. The molecule has 0 saturated heterocycles. The van der Waals surface area contributed by atoms with Gasteiger partial charge < -0.3 is 0 Å². The van der Waals surface area contributed by atoms with E-state index in [4.69, 9.17) is 11.6 Å². The van der Waals surface area contributed by atoms with Crippen LogP contribution in [0.2, 0.25) is 5.02 Å². The number of hydrogen-bond donors (Lipinski definition) is 0. The molecule has 2 heterocycles. The maximum Gasteiger partial charge on any atom is 0.160 e. The van der Waals surface area contributed by atoms with Gasteiger partial charge in [-0.25, -0.2) is 0 Å². The highest BCUT2D eigenvalue weighted by atomic mass is 35.5. The van der Waals surface area contributed by atoms with Crippen LogP contribution in [0.5, 0.6) is 0 Å². The first-order chi connectivity index (χ1) is 6.72. The van der Waals surface area contributed by atoms with Crippen LogP contribution in [0.4, 0.5) is 0 Å². The molecule has 0 saturated carbocycles. The zero-order valence-corrected chi connectivity index (χ0v) is 8.97. The summed E-state index contributed by atoms with van der Waals surface area (Å²) in [7, 11) is 1.82. The van der Waals surface area contributed by atoms with Crippen molar-refractivity contribution < 1.29 is 4.79 Å². The van der Waals surface area contributed by atoms with Crippen molar-refractivity contribution in [1.82, 2.24) is 9.78 Å². The summed E-state index contributed by atoms with van der Waals surface area (Å²) in [5.41, 5.74) is 0.852. The molecule has 0 atom stereocenters. The van der Waals surface area contributed by atoms with Crippen molar-refractivity contribution >= 4 is 29.2 Å². The molecule has 0 aliphatic rings. The monoisotopic (exact) mass is 226 g/mol. The summed E-state index contributed by atoms with van der Waals surface area (Å²) < 4.78 is 1.70. The van der Waals surface area contributed by atoms with Gasteiger partial charge in [0, 0.05) is 7.05 Å². The minimum absolute atomic E-state index is 0.604. The van der Waals surface area contributed by atoms with E-state index in [1.807, 2.05) is 13.1 Å². The van der Waals surface area contributed by atoms with Crippen LogP contribution in [-0.4, -0.2) is 16.1 Å². The number of halogens is 1. The molecule has 14 heavy (non-hydrogen) atoms. The smallest absolute Gasteiger partial charge is 0.160 e. The average Bonchev–Trinajstić information content (AvgIpc) is 2.73. The maximum atomic E-state index is 10.5. The summed E-state index contributed by atoms with van der Waals surface area (Å²) >= 11 is 7.37. The fourth-order valence-corrected chi connectivity index (χ4v) is 2.47. The third-order valence-corrected chi connectivity index (χ3v) is 3.16. The fraction of sp³-hybridized carbons (Fsp3) is 0.111. The van der Waals surface area contributed by atoms with Gasteiger partial charge in [0.25, 0.3) is 0 Å². The van der Waals surface area contributed by atoms with E-state index in [9.17, 15) is 4.79 Å². The maximum absolute atomic E-state index is 10.5. The largest absolute Gasteiger partial charge is 0.297 e. The van der Waals surface area contributed by atoms with E-state index in [1.54, 1.807) is 16.9 Å². The Morgan fingerprint density at radius 3 is 2.86 bits per heavy atom. The van der Waals surface area contributed by atoms with E-state index in [0.717, 1.165) is 16.9 Å². The molecule has 72 valence electrons. The number of thiophene rings is 1. The molecule has 0 aliphatic heterocycles. The van der Waals surface area contributed by atoms with Gasteiger partial charge in [-0.05, 0) is 12.1 Å². The third kappa shape index (κ3) is 1.47. The summed E-state index contributed by atoms with van der Waals surface area (Å²) in [5, 5.41) is 4.63. The molecule has 0 amide bonds. The van der Waals surface area contributed by atoms with Crippen LogP contribution in [0.1, 0.15) is 9.67 Å². The predicted octanol–water partition coefficient (Wildman–Crippen LogP) is 2.61. The van der Waals surface area contributed by atoms with Gasteiger partial charge >= 0.3 is 0 Å². The molecule has 0 radical (unpaired) electrons. The Balaban J connectivity index is 2.53. The molecule has 0 aliphatic carbocycles. The highest BCUT2D eigenvalue weighted by Crippen LogP contribution is 2.32. The van der Waals surface area contributed by atoms with E-state index in [-0.39, 0.29) is 0 Å². The number of aldehydes is 1. The van der Waals surface area contributed by atoms with Gasteiger partial charge in [0.15, 0.2) is 6.29 Å². The van der Waals surface area contributed by atoms with Crippen LogP contribution in [-0.2, 0) is 7.05 Å². The molecule has 0 unspecified atom stereocenters. The SMILES string of the molecule is Cn1ncc(Cl)c1-c1ccc(C=O)s1. The normalized spacial score (nSPS) is 10.4. The lowest BCUT2D eigenvalue weighted by atomic mass is 10.3. The first-order valence-electron chi connectivity index (χ1n) is 3.95. The first-order valence-corrected chi connectivity index (χ1v) is 5.14. The Morgan fingerprint density at radius 1 is 1.57 bits per heavy atom. The number of aromatic nitrogens is 2. The second-order valence-corrected chi connectivity index (χ2v) is 4.31. The number of carbonyl (C=O) groups is 1. The molecule has 0 spiro atoms. The van der Waals surface area contributed by atoms with Crippen LogP contribution in [0.15, 0.2) is 18.3 Å². The molecule has 0 aromatic carbocycles. The van der Waals surface area contributed by atoms with E-state index >= 15 is 0 Å². The van der Waals surface area contributed by atoms with Crippen molar-refractivity contribution in [2.45, 2.75) is 0 Å². The van der Waals surface area contributed by atoms with Gasteiger partial charge in [0.1, 0.15) is 0 Å². The highest BCUT2D eigenvalue weighted by molar-refractivity contribution is 7.17. The minimum atomic E-state index is 0.604. The summed E-state index contributed by atoms with van der Waals surface area (Å²) in [6.45, 7) is 0. The van der Waals surface area contributed by atoms with Crippen LogP contribution >= 0.6 is 22.9 Å².